The molecule has 0 bridgehead atoms. The molecule has 2 aromatic heterocycles. The largest absolute Gasteiger partial charge is 0.496 e. The normalized spacial score (nSPS) is 14.7. The summed E-state index contributed by atoms with van der Waals surface area (Å²) in [5, 5.41) is 9.64. The fraction of sp³-hybridized carbons (Fsp3) is 0.250. The lowest BCUT2D eigenvalue weighted by molar-refractivity contribution is 0.0472. The maximum Gasteiger partial charge on any atom is 0.319 e. The van der Waals surface area contributed by atoms with Gasteiger partial charge in [0.15, 0.2) is 6.10 Å². The maximum atomic E-state index is 12.1. The number of oxime groups is 1. The minimum Gasteiger partial charge on any atom is -0.496 e. The summed E-state index contributed by atoms with van der Waals surface area (Å²) in [5.41, 5.74) is 3.98. The van der Waals surface area contributed by atoms with Gasteiger partial charge in [-0.1, -0.05) is 23.4 Å². The number of amides is 2. The molecular weight excluding hydrogens is 422 g/mol. The van der Waals surface area contributed by atoms with E-state index in [1.807, 2.05) is 37.3 Å². The Kier molecular flexibility index (Phi) is 6.99. The number of urea groups is 1. The predicted octanol–water partition coefficient (Wildman–Crippen LogP) is 3.81. The lowest BCUT2D eigenvalue weighted by Gasteiger charge is -2.15. The number of aromatic nitrogens is 2. The summed E-state index contributed by atoms with van der Waals surface area (Å²) in [7, 11) is 1.62. The van der Waals surface area contributed by atoms with Crippen LogP contribution in [-0.2, 0) is 4.84 Å². The molecule has 4 rings (SSSR count). The number of nitrogens with zero attached hydrogens (tertiary/aromatic N) is 3. The van der Waals surface area contributed by atoms with Crippen molar-refractivity contribution in [2.24, 2.45) is 5.16 Å². The highest BCUT2D eigenvalue weighted by Gasteiger charge is 2.23. The van der Waals surface area contributed by atoms with Crippen LogP contribution >= 0.6 is 0 Å². The summed E-state index contributed by atoms with van der Waals surface area (Å²) in [6, 6.07) is 12.7. The smallest absolute Gasteiger partial charge is 0.319 e. The van der Waals surface area contributed by atoms with Gasteiger partial charge in [-0.2, -0.15) is 0 Å². The van der Waals surface area contributed by atoms with Gasteiger partial charge in [0.05, 0.1) is 19.4 Å². The van der Waals surface area contributed by atoms with Crippen LogP contribution in [-0.4, -0.2) is 48.1 Å². The van der Waals surface area contributed by atoms with Gasteiger partial charge in [-0.15, -0.1) is 0 Å². The summed E-state index contributed by atoms with van der Waals surface area (Å²) >= 11 is 0. The highest BCUT2D eigenvalue weighted by molar-refractivity contribution is 5.94. The Morgan fingerprint density at radius 3 is 2.88 bits per heavy atom. The molecule has 1 unspecified atom stereocenters. The third kappa shape index (κ3) is 5.76. The lowest BCUT2D eigenvalue weighted by Crippen LogP contribution is -2.33. The van der Waals surface area contributed by atoms with Gasteiger partial charge in [0.25, 0.3) is 0 Å². The molecule has 170 valence electrons. The molecule has 0 fully saturated rings. The van der Waals surface area contributed by atoms with Crippen molar-refractivity contribution in [1.29, 1.82) is 0 Å². The molecular formula is C24H25N5O4. The molecule has 1 aliphatic heterocycles. The molecule has 0 saturated heterocycles. The Balaban J connectivity index is 1.28. The Labute approximate surface area is 191 Å². The SMILES string of the molecule is COc1ccncc1-c1ccccc1OCC1CC(CNC(=O)Nc2ccnc(C)c2)=NO1. The number of anilines is 1. The summed E-state index contributed by atoms with van der Waals surface area (Å²) < 4.78 is 11.5. The van der Waals surface area contributed by atoms with Crippen molar-refractivity contribution >= 4 is 17.4 Å². The molecule has 1 atom stereocenters. The topological polar surface area (TPSA) is 107 Å². The van der Waals surface area contributed by atoms with Crippen LogP contribution in [0, 0.1) is 6.92 Å². The van der Waals surface area contributed by atoms with Crippen molar-refractivity contribution in [3.63, 3.8) is 0 Å². The van der Waals surface area contributed by atoms with Crippen LogP contribution in [0.3, 0.4) is 0 Å². The van der Waals surface area contributed by atoms with E-state index in [4.69, 9.17) is 14.3 Å². The van der Waals surface area contributed by atoms with Gasteiger partial charge in [0.1, 0.15) is 18.1 Å². The molecule has 3 heterocycles. The van der Waals surface area contributed by atoms with E-state index in [0.717, 1.165) is 28.3 Å². The zero-order chi connectivity index (χ0) is 23.0. The number of aryl methyl sites for hydroxylation is 1. The molecule has 0 spiro atoms. The summed E-state index contributed by atoms with van der Waals surface area (Å²) in [6.07, 6.45) is 5.40. The number of hydrogen-bond acceptors (Lipinski definition) is 7. The first-order chi connectivity index (χ1) is 16.1. The zero-order valence-corrected chi connectivity index (χ0v) is 18.4. The minimum atomic E-state index is -0.317. The van der Waals surface area contributed by atoms with E-state index in [1.54, 1.807) is 37.8 Å². The number of carbonyl (C=O) groups is 1. The quantitative estimate of drug-likeness (QED) is 0.544. The van der Waals surface area contributed by atoms with Crippen LogP contribution in [0.4, 0.5) is 10.5 Å². The van der Waals surface area contributed by atoms with Gasteiger partial charge in [0.2, 0.25) is 0 Å². The van der Waals surface area contributed by atoms with E-state index in [0.29, 0.717) is 24.5 Å². The summed E-state index contributed by atoms with van der Waals surface area (Å²) in [6.45, 7) is 2.46. The van der Waals surface area contributed by atoms with Crippen molar-refractivity contribution in [3.05, 3.63) is 66.7 Å². The fourth-order valence-corrected chi connectivity index (χ4v) is 3.42. The molecule has 2 amide bonds. The van der Waals surface area contributed by atoms with Crippen LogP contribution in [0.25, 0.3) is 11.1 Å². The standard InChI is InChI=1S/C24H25N5O4/c1-16-11-17(7-10-26-16)28-24(30)27-13-18-12-19(33-29-18)15-32-23-6-4-3-5-20(23)21-14-25-9-8-22(21)31-2/h3-11,14,19H,12-13,15H2,1-2H3,(H2,26,27,28,30). The second-order valence-corrected chi connectivity index (χ2v) is 7.47. The number of pyridine rings is 2. The molecule has 9 heteroatoms. The number of methoxy groups -OCH3 is 1. The van der Waals surface area contributed by atoms with Crippen molar-refractivity contribution < 1.29 is 19.1 Å². The molecule has 0 radical (unpaired) electrons. The first kappa shape index (κ1) is 22.1. The number of rotatable bonds is 8. The van der Waals surface area contributed by atoms with Crippen LogP contribution in [0.1, 0.15) is 12.1 Å². The number of para-hydroxylation sites is 1. The highest BCUT2D eigenvalue weighted by atomic mass is 16.7. The average molecular weight is 447 g/mol. The lowest BCUT2D eigenvalue weighted by atomic mass is 10.1. The molecule has 9 nitrogen and oxygen atoms in total. The Morgan fingerprint density at radius 2 is 2.03 bits per heavy atom. The number of nitrogens with one attached hydrogen (secondary N) is 2. The van der Waals surface area contributed by atoms with E-state index >= 15 is 0 Å². The highest BCUT2D eigenvalue weighted by Crippen LogP contribution is 2.35. The van der Waals surface area contributed by atoms with Crippen LogP contribution in [0.2, 0.25) is 0 Å². The van der Waals surface area contributed by atoms with Crippen LogP contribution in [0.5, 0.6) is 11.5 Å². The van der Waals surface area contributed by atoms with Gasteiger partial charge in [-0.05, 0) is 31.2 Å². The van der Waals surface area contributed by atoms with Crippen molar-refractivity contribution in [3.8, 4) is 22.6 Å². The van der Waals surface area contributed by atoms with E-state index in [2.05, 4.69) is 25.8 Å². The summed E-state index contributed by atoms with van der Waals surface area (Å²) in [4.78, 5) is 25.9. The van der Waals surface area contributed by atoms with Gasteiger partial charge in [0, 0.05) is 47.5 Å². The molecule has 0 aliphatic carbocycles. The zero-order valence-electron chi connectivity index (χ0n) is 18.4. The second-order valence-electron chi connectivity index (χ2n) is 7.47. The third-order valence-electron chi connectivity index (χ3n) is 5.00. The van der Waals surface area contributed by atoms with Crippen molar-refractivity contribution in [1.82, 2.24) is 15.3 Å². The third-order valence-corrected chi connectivity index (χ3v) is 5.00. The van der Waals surface area contributed by atoms with E-state index < -0.39 is 0 Å². The number of ether oxygens (including phenoxy) is 2. The maximum absolute atomic E-state index is 12.1. The van der Waals surface area contributed by atoms with Gasteiger partial charge >= 0.3 is 6.03 Å². The number of benzene rings is 1. The molecule has 2 N–H and O–H groups in total. The Bertz CT molecular complexity index is 1150. The number of carbonyl (C=O) groups excluding carboxylic acids is 1. The van der Waals surface area contributed by atoms with E-state index in [9.17, 15) is 4.79 Å². The molecule has 33 heavy (non-hydrogen) atoms. The van der Waals surface area contributed by atoms with Crippen LogP contribution < -0.4 is 20.1 Å². The summed E-state index contributed by atoms with van der Waals surface area (Å²) in [5.74, 6) is 1.42. The first-order valence-electron chi connectivity index (χ1n) is 10.5. The molecule has 0 saturated carbocycles. The minimum absolute atomic E-state index is 0.239. The fourth-order valence-electron chi connectivity index (χ4n) is 3.42. The predicted molar refractivity (Wildman–Crippen MR) is 125 cm³/mol. The molecule has 1 aromatic carbocycles. The van der Waals surface area contributed by atoms with Gasteiger partial charge in [-0.25, -0.2) is 4.79 Å². The average Bonchev–Trinajstić information content (AvgIpc) is 3.29. The van der Waals surface area contributed by atoms with Crippen molar-refractivity contribution in [2.45, 2.75) is 19.4 Å². The Morgan fingerprint density at radius 1 is 1.15 bits per heavy atom. The second kappa shape index (κ2) is 10.4. The molecule has 1 aliphatic rings. The van der Waals surface area contributed by atoms with Crippen LogP contribution in [0.15, 0.2) is 66.2 Å². The first-order valence-corrected chi connectivity index (χ1v) is 10.5. The molecule has 3 aromatic rings. The van der Waals surface area contributed by atoms with Gasteiger partial charge in [-0.3, -0.25) is 9.97 Å². The monoisotopic (exact) mass is 447 g/mol. The van der Waals surface area contributed by atoms with Crippen molar-refractivity contribution in [2.75, 3.05) is 25.6 Å². The van der Waals surface area contributed by atoms with Gasteiger partial charge < -0.3 is 24.9 Å². The van der Waals surface area contributed by atoms with E-state index in [1.165, 1.54) is 0 Å². The van der Waals surface area contributed by atoms with E-state index in [-0.39, 0.29) is 18.7 Å². The Hall–Kier alpha value is -4.14. The number of hydrogen-bond donors (Lipinski definition) is 2.